The first-order valence-electron chi connectivity index (χ1n) is 9.19. The first kappa shape index (κ1) is 20.2. The summed E-state index contributed by atoms with van der Waals surface area (Å²) in [5.74, 6) is 0.150. The molecule has 2 rings (SSSR count). The lowest BCUT2D eigenvalue weighted by atomic mass is 10.2. The number of aromatic nitrogens is 1. The summed E-state index contributed by atoms with van der Waals surface area (Å²) in [4.78, 5) is 32.2. The lowest BCUT2D eigenvalue weighted by molar-refractivity contribution is -0.133. The quantitative estimate of drug-likeness (QED) is 0.784. The summed E-state index contributed by atoms with van der Waals surface area (Å²) in [7, 11) is 0. The molecular weight excluding hydrogens is 332 g/mol. The highest BCUT2D eigenvalue weighted by molar-refractivity contribution is 5.76. The normalized spacial score (nSPS) is 15.6. The van der Waals surface area contributed by atoms with E-state index >= 15 is 0 Å². The predicted molar refractivity (Wildman–Crippen MR) is 99.6 cm³/mol. The third-order valence-electron chi connectivity index (χ3n) is 4.09. The zero-order valence-corrected chi connectivity index (χ0v) is 16.0. The summed E-state index contributed by atoms with van der Waals surface area (Å²) in [6, 6.07) is 4.02. The van der Waals surface area contributed by atoms with Gasteiger partial charge in [-0.3, -0.25) is 14.7 Å². The zero-order valence-electron chi connectivity index (χ0n) is 16.0. The van der Waals surface area contributed by atoms with Gasteiger partial charge in [-0.15, -0.1) is 0 Å². The molecule has 0 aromatic carbocycles. The van der Waals surface area contributed by atoms with Crippen molar-refractivity contribution in [1.82, 2.24) is 20.1 Å². The van der Waals surface area contributed by atoms with Crippen LogP contribution in [0.15, 0.2) is 24.5 Å². The van der Waals surface area contributed by atoms with E-state index in [1.165, 1.54) is 5.56 Å². The molecule has 0 bridgehead atoms. The second kappa shape index (κ2) is 9.52. The summed E-state index contributed by atoms with van der Waals surface area (Å²) >= 11 is 0. The number of carbonyl (C=O) groups is 2. The molecule has 0 unspecified atom stereocenters. The molecular formula is C19H30N4O3. The number of hydrogen-bond acceptors (Lipinski definition) is 5. The average molecular weight is 362 g/mol. The number of rotatable bonds is 6. The Balaban J connectivity index is 1.60. The fraction of sp³-hybridized carbons (Fsp3) is 0.632. The first-order chi connectivity index (χ1) is 12.3. The summed E-state index contributed by atoms with van der Waals surface area (Å²) in [6.07, 6.45) is 4.29. The number of carbonyl (C=O) groups excluding carboxylic acids is 2. The van der Waals surface area contributed by atoms with Crippen LogP contribution in [0.1, 0.15) is 39.2 Å². The molecule has 1 aromatic rings. The van der Waals surface area contributed by atoms with Crippen LogP contribution in [0.3, 0.4) is 0 Å². The molecule has 2 heterocycles. The van der Waals surface area contributed by atoms with Crippen molar-refractivity contribution >= 4 is 12.0 Å². The molecule has 7 heteroatoms. The smallest absolute Gasteiger partial charge is 0.407 e. The minimum Gasteiger partial charge on any atom is -0.444 e. The van der Waals surface area contributed by atoms with Crippen LogP contribution in [0.5, 0.6) is 0 Å². The van der Waals surface area contributed by atoms with Crippen molar-refractivity contribution in [3.8, 4) is 0 Å². The Bertz CT molecular complexity index is 578. The largest absolute Gasteiger partial charge is 0.444 e. The van der Waals surface area contributed by atoms with Gasteiger partial charge in [-0.1, -0.05) is 6.07 Å². The number of piperazine rings is 1. The number of nitrogens with zero attached hydrogens (tertiary/aromatic N) is 3. The Hall–Kier alpha value is -2.15. The molecule has 1 aliphatic heterocycles. The molecule has 1 aromatic heterocycles. The summed E-state index contributed by atoms with van der Waals surface area (Å²) in [5, 5.41) is 2.69. The van der Waals surface area contributed by atoms with E-state index < -0.39 is 11.7 Å². The summed E-state index contributed by atoms with van der Waals surface area (Å²) in [6.45, 7) is 10.0. The van der Waals surface area contributed by atoms with Gasteiger partial charge in [-0.25, -0.2) is 4.79 Å². The van der Waals surface area contributed by atoms with Crippen molar-refractivity contribution in [3.05, 3.63) is 30.1 Å². The van der Waals surface area contributed by atoms with Gasteiger partial charge in [0.2, 0.25) is 5.91 Å². The van der Waals surface area contributed by atoms with Crippen molar-refractivity contribution in [3.63, 3.8) is 0 Å². The van der Waals surface area contributed by atoms with E-state index in [0.29, 0.717) is 19.4 Å². The monoisotopic (exact) mass is 362 g/mol. The van der Waals surface area contributed by atoms with Crippen molar-refractivity contribution in [2.24, 2.45) is 0 Å². The van der Waals surface area contributed by atoms with Gasteiger partial charge in [0.25, 0.3) is 0 Å². The van der Waals surface area contributed by atoms with E-state index in [9.17, 15) is 9.59 Å². The third kappa shape index (κ3) is 7.39. The number of hydrogen-bond donors (Lipinski definition) is 1. The van der Waals surface area contributed by atoms with Crippen LogP contribution < -0.4 is 5.32 Å². The molecule has 0 saturated carbocycles. The van der Waals surface area contributed by atoms with Crippen LogP contribution in [-0.2, 0) is 16.1 Å². The number of alkyl carbamates (subject to hydrolysis) is 1. The van der Waals surface area contributed by atoms with Crippen LogP contribution in [0.2, 0.25) is 0 Å². The number of amides is 2. The Morgan fingerprint density at radius 2 is 1.96 bits per heavy atom. The summed E-state index contributed by atoms with van der Waals surface area (Å²) in [5.41, 5.74) is 0.690. The molecule has 0 radical (unpaired) electrons. The Morgan fingerprint density at radius 1 is 1.23 bits per heavy atom. The molecule has 144 valence electrons. The fourth-order valence-electron chi connectivity index (χ4n) is 2.81. The topological polar surface area (TPSA) is 74.8 Å². The van der Waals surface area contributed by atoms with Crippen molar-refractivity contribution < 1.29 is 14.3 Å². The van der Waals surface area contributed by atoms with Crippen LogP contribution in [0.4, 0.5) is 4.79 Å². The second-order valence-corrected chi connectivity index (χ2v) is 7.55. The van der Waals surface area contributed by atoms with E-state index in [0.717, 1.165) is 32.7 Å². The maximum atomic E-state index is 12.3. The minimum absolute atomic E-state index is 0.150. The van der Waals surface area contributed by atoms with Crippen molar-refractivity contribution in [2.45, 2.75) is 45.8 Å². The Kier molecular flexibility index (Phi) is 7.38. The fourth-order valence-corrected chi connectivity index (χ4v) is 2.81. The zero-order chi connectivity index (χ0) is 19.0. The average Bonchev–Trinajstić information content (AvgIpc) is 2.58. The van der Waals surface area contributed by atoms with Crippen LogP contribution >= 0.6 is 0 Å². The number of pyridine rings is 1. The molecule has 1 saturated heterocycles. The van der Waals surface area contributed by atoms with Crippen LogP contribution in [-0.4, -0.2) is 65.1 Å². The van der Waals surface area contributed by atoms with E-state index in [-0.39, 0.29) is 5.91 Å². The SMILES string of the molecule is CC(C)(C)OC(=O)NCCCC(=O)N1CCN(Cc2cccnc2)CC1. The Morgan fingerprint density at radius 3 is 2.58 bits per heavy atom. The first-order valence-corrected chi connectivity index (χ1v) is 9.19. The predicted octanol–water partition coefficient (Wildman–Crippen LogP) is 2.03. The van der Waals surface area contributed by atoms with Gasteiger partial charge in [0.05, 0.1) is 0 Å². The standard InChI is InChI=1S/C19H30N4O3/c1-19(2,3)26-18(25)21-9-5-7-17(24)23-12-10-22(11-13-23)15-16-6-4-8-20-14-16/h4,6,8,14H,5,7,9-13,15H2,1-3H3,(H,21,25). The Labute approximate surface area is 155 Å². The maximum Gasteiger partial charge on any atom is 0.407 e. The van der Waals surface area contributed by atoms with Crippen LogP contribution in [0.25, 0.3) is 0 Å². The van der Waals surface area contributed by atoms with E-state index in [2.05, 4.69) is 21.3 Å². The third-order valence-corrected chi connectivity index (χ3v) is 4.09. The molecule has 1 N–H and O–H groups in total. The molecule has 0 spiro atoms. The van der Waals surface area contributed by atoms with Gasteiger partial charge < -0.3 is 15.0 Å². The second-order valence-electron chi connectivity index (χ2n) is 7.55. The lowest BCUT2D eigenvalue weighted by Crippen LogP contribution is -2.48. The molecule has 26 heavy (non-hydrogen) atoms. The highest BCUT2D eigenvalue weighted by atomic mass is 16.6. The molecule has 7 nitrogen and oxygen atoms in total. The van der Waals surface area contributed by atoms with Crippen molar-refractivity contribution in [1.29, 1.82) is 0 Å². The lowest BCUT2D eigenvalue weighted by Gasteiger charge is -2.34. The molecule has 1 fully saturated rings. The molecule has 2 amide bonds. The molecule has 0 aliphatic carbocycles. The van der Waals surface area contributed by atoms with E-state index in [1.807, 2.05) is 37.9 Å². The number of ether oxygens (including phenoxy) is 1. The maximum absolute atomic E-state index is 12.3. The van der Waals surface area contributed by atoms with Gasteiger partial charge in [0.1, 0.15) is 5.60 Å². The van der Waals surface area contributed by atoms with E-state index in [4.69, 9.17) is 4.74 Å². The molecule has 1 aliphatic rings. The highest BCUT2D eigenvalue weighted by Gasteiger charge is 2.21. The van der Waals surface area contributed by atoms with Gasteiger partial charge in [0, 0.05) is 58.1 Å². The van der Waals surface area contributed by atoms with E-state index in [1.54, 1.807) is 6.20 Å². The summed E-state index contributed by atoms with van der Waals surface area (Å²) < 4.78 is 5.17. The van der Waals surface area contributed by atoms with Gasteiger partial charge in [-0.2, -0.15) is 0 Å². The van der Waals surface area contributed by atoms with Gasteiger partial charge in [0.15, 0.2) is 0 Å². The minimum atomic E-state index is -0.505. The van der Waals surface area contributed by atoms with Gasteiger partial charge in [-0.05, 0) is 38.8 Å². The van der Waals surface area contributed by atoms with Crippen molar-refractivity contribution in [2.75, 3.05) is 32.7 Å². The number of nitrogens with one attached hydrogen (secondary N) is 1. The van der Waals surface area contributed by atoms with Crippen LogP contribution in [0, 0.1) is 0 Å². The molecule has 0 atom stereocenters. The highest BCUT2D eigenvalue weighted by Crippen LogP contribution is 2.09. The van der Waals surface area contributed by atoms with Gasteiger partial charge >= 0.3 is 6.09 Å².